The first kappa shape index (κ1) is 27.2. The highest BCUT2D eigenvalue weighted by molar-refractivity contribution is 5.84. The first-order valence-corrected chi connectivity index (χ1v) is 14.9. The van der Waals surface area contributed by atoms with Crippen molar-refractivity contribution in [2.24, 2.45) is 11.8 Å². The van der Waals surface area contributed by atoms with Gasteiger partial charge in [0.25, 0.3) is 0 Å². The van der Waals surface area contributed by atoms with E-state index in [0.717, 1.165) is 56.6 Å². The number of imidazole rings is 1. The molecular weight excluding hydrogens is 543 g/mol. The van der Waals surface area contributed by atoms with Gasteiger partial charge in [0, 0.05) is 37.3 Å². The summed E-state index contributed by atoms with van der Waals surface area (Å²) in [5, 5.41) is 9.26. The van der Waals surface area contributed by atoms with Gasteiger partial charge in [0.1, 0.15) is 17.2 Å². The zero-order valence-electron chi connectivity index (χ0n) is 23.7. The summed E-state index contributed by atoms with van der Waals surface area (Å²) in [6.45, 7) is 2.57. The van der Waals surface area contributed by atoms with E-state index in [9.17, 15) is 9.90 Å². The quantitative estimate of drug-likeness (QED) is 0.239. The number of likely N-dealkylation sites (tertiary alicyclic amines) is 1. The zero-order valence-corrected chi connectivity index (χ0v) is 23.7. The van der Waals surface area contributed by atoms with Gasteiger partial charge in [-0.2, -0.15) is 0 Å². The van der Waals surface area contributed by atoms with Crippen molar-refractivity contribution in [2.75, 3.05) is 25.4 Å². The Morgan fingerprint density at radius 2 is 1.74 bits per heavy atom. The van der Waals surface area contributed by atoms with Crippen molar-refractivity contribution < 1.29 is 14.3 Å². The van der Waals surface area contributed by atoms with Crippen molar-refractivity contribution in [1.82, 2.24) is 24.4 Å². The number of rotatable bonds is 7. The van der Waals surface area contributed by atoms with E-state index in [0.29, 0.717) is 45.5 Å². The molecular formula is C34H33FN6O2. The van der Waals surface area contributed by atoms with E-state index in [1.54, 1.807) is 12.3 Å². The topological polar surface area (TPSA) is 110 Å². The number of aromatic nitrogens is 4. The average Bonchev–Trinajstić information content (AvgIpc) is 3.38. The van der Waals surface area contributed by atoms with Crippen LogP contribution in [0.3, 0.4) is 0 Å². The maximum atomic E-state index is 15.8. The second kappa shape index (κ2) is 11.2. The van der Waals surface area contributed by atoms with E-state index >= 15 is 4.39 Å². The Hall–Kier alpha value is -4.63. The molecule has 1 saturated carbocycles. The van der Waals surface area contributed by atoms with Gasteiger partial charge in [-0.1, -0.05) is 36.4 Å². The third-order valence-electron chi connectivity index (χ3n) is 9.01. The second-order valence-electron chi connectivity index (χ2n) is 11.8. The minimum absolute atomic E-state index is 0.125. The van der Waals surface area contributed by atoms with Crippen LogP contribution in [0.15, 0.2) is 79.0 Å². The fraction of sp³-hybridized carbons (Fsp3) is 0.294. The molecule has 0 atom stereocenters. The maximum Gasteiger partial charge on any atom is 0.306 e. The fourth-order valence-electron chi connectivity index (χ4n) is 6.62. The van der Waals surface area contributed by atoms with Gasteiger partial charge in [0.05, 0.1) is 22.9 Å². The number of hydrogen-bond donors (Lipinski definition) is 2. The highest BCUT2D eigenvalue weighted by atomic mass is 19.1. The molecule has 5 aromatic rings. The molecule has 4 heterocycles. The summed E-state index contributed by atoms with van der Waals surface area (Å²) in [4.78, 5) is 27.7. The summed E-state index contributed by atoms with van der Waals surface area (Å²) in [6, 6.07) is 22.8. The first-order valence-electron chi connectivity index (χ1n) is 14.9. The van der Waals surface area contributed by atoms with Crippen molar-refractivity contribution in [3.8, 4) is 28.3 Å². The molecule has 2 aromatic carbocycles. The van der Waals surface area contributed by atoms with Gasteiger partial charge >= 0.3 is 5.97 Å². The summed E-state index contributed by atoms with van der Waals surface area (Å²) in [7, 11) is 0. The van der Waals surface area contributed by atoms with E-state index < -0.39 is 5.97 Å². The molecule has 8 nitrogen and oxygen atoms in total. The number of benzene rings is 2. The number of nitrogens with two attached hydrogens (primary N) is 1. The SMILES string of the molecule is Nc1ncccc1-c1nc2ccc(-c3ccccc3)nc2n1-c1ccc(C2CN(C[C@H]3CC[C@H](C(=O)O)CC3)C2)c(F)c1. The molecule has 0 bridgehead atoms. The predicted octanol–water partition coefficient (Wildman–Crippen LogP) is 6.16. The Bertz CT molecular complexity index is 1790. The van der Waals surface area contributed by atoms with Gasteiger partial charge in [-0.05, 0) is 73.6 Å². The van der Waals surface area contributed by atoms with E-state index in [-0.39, 0.29) is 17.7 Å². The number of halogens is 1. The van der Waals surface area contributed by atoms with Crippen LogP contribution in [0.25, 0.3) is 39.5 Å². The molecule has 43 heavy (non-hydrogen) atoms. The molecule has 0 unspecified atom stereocenters. The summed E-state index contributed by atoms with van der Waals surface area (Å²) in [5.41, 5.74) is 11.3. The number of fused-ring (bicyclic) bond motifs is 1. The summed E-state index contributed by atoms with van der Waals surface area (Å²) >= 11 is 0. The van der Waals surface area contributed by atoms with Crippen molar-refractivity contribution in [2.45, 2.75) is 31.6 Å². The van der Waals surface area contributed by atoms with E-state index in [4.69, 9.17) is 15.7 Å². The Balaban J connectivity index is 1.17. The van der Waals surface area contributed by atoms with Gasteiger partial charge < -0.3 is 15.7 Å². The van der Waals surface area contributed by atoms with Gasteiger partial charge in [-0.25, -0.2) is 19.3 Å². The lowest BCUT2D eigenvalue weighted by molar-refractivity contribution is -0.143. The fourth-order valence-corrected chi connectivity index (χ4v) is 6.62. The number of carboxylic acids is 1. The number of pyridine rings is 2. The molecule has 2 fully saturated rings. The Kier molecular flexibility index (Phi) is 7.10. The lowest BCUT2D eigenvalue weighted by atomic mass is 9.80. The van der Waals surface area contributed by atoms with Crippen LogP contribution >= 0.6 is 0 Å². The second-order valence-corrected chi connectivity index (χ2v) is 11.8. The Morgan fingerprint density at radius 3 is 2.47 bits per heavy atom. The highest BCUT2D eigenvalue weighted by Gasteiger charge is 2.34. The Labute approximate surface area is 249 Å². The number of carboxylic acid groups (broad SMARTS) is 1. The number of carbonyl (C=O) groups is 1. The first-order chi connectivity index (χ1) is 20.9. The van der Waals surface area contributed by atoms with Gasteiger partial charge in [-0.3, -0.25) is 9.36 Å². The molecule has 7 rings (SSSR count). The van der Waals surface area contributed by atoms with Crippen molar-refractivity contribution in [3.63, 3.8) is 0 Å². The van der Waals surface area contributed by atoms with E-state index in [1.165, 1.54) is 0 Å². The average molecular weight is 577 g/mol. The van der Waals surface area contributed by atoms with Gasteiger partial charge in [0.15, 0.2) is 11.5 Å². The third-order valence-corrected chi connectivity index (χ3v) is 9.01. The number of aliphatic carboxylic acids is 1. The van der Waals surface area contributed by atoms with Gasteiger partial charge in [-0.15, -0.1) is 0 Å². The van der Waals surface area contributed by atoms with Crippen LogP contribution in [0, 0.1) is 17.7 Å². The summed E-state index contributed by atoms with van der Waals surface area (Å²) in [6.07, 6.45) is 5.04. The summed E-state index contributed by atoms with van der Waals surface area (Å²) < 4.78 is 17.7. The van der Waals surface area contributed by atoms with Crippen LogP contribution in [0.1, 0.15) is 37.2 Å². The third kappa shape index (κ3) is 5.25. The smallest absolute Gasteiger partial charge is 0.306 e. The molecule has 2 aliphatic rings. The number of nitrogen functional groups attached to an aromatic ring is 1. The zero-order chi connectivity index (χ0) is 29.5. The van der Waals surface area contributed by atoms with Crippen LogP contribution in [-0.4, -0.2) is 55.1 Å². The van der Waals surface area contributed by atoms with Crippen molar-refractivity contribution >= 4 is 23.0 Å². The predicted molar refractivity (Wildman–Crippen MR) is 164 cm³/mol. The van der Waals surface area contributed by atoms with Crippen LogP contribution in [0.5, 0.6) is 0 Å². The lowest BCUT2D eigenvalue weighted by Crippen LogP contribution is -2.47. The molecule has 1 aliphatic carbocycles. The van der Waals surface area contributed by atoms with Gasteiger partial charge in [0.2, 0.25) is 0 Å². The van der Waals surface area contributed by atoms with E-state index in [2.05, 4.69) is 9.88 Å². The van der Waals surface area contributed by atoms with Crippen molar-refractivity contribution in [1.29, 1.82) is 0 Å². The Morgan fingerprint density at radius 1 is 0.953 bits per heavy atom. The van der Waals surface area contributed by atoms with Crippen LogP contribution in [0.4, 0.5) is 10.2 Å². The van der Waals surface area contributed by atoms with E-state index in [1.807, 2.05) is 71.3 Å². The monoisotopic (exact) mass is 576 g/mol. The molecule has 1 saturated heterocycles. The van der Waals surface area contributed by atoms with Crippen LogP contribution in [-0.2, 0) is 4.79 Å². The molecule has 218 valence electrons. The van der Waals surface area contributed by atoms with Crippen LogP contribution in [0.2, 0.25) is 0 Å². The number of hydrogen-bond acceptors (Lipinski definition) is 6. The molecule has 9 heteroatoms. The highest BCUT2D eigenvalue weighted by Crippen LogP contribution is 2.36. The maximum absolute atomic E-state index is 15.8. The molecule has 0 spiro atoms. The molecule has 3 aromatic heterocycles. The minimum Gasteiger partial charge on any atom is -0.481 e. The number of anilines is 1. The molecule has 3 N–H and O–H groups in total. The normalized spacial score (nSPS) is 19.4. The molecule has 0 radical (unpaired) electrons. The standard InChI is InChI=1S/C34H33FN6O2/c35-28-17-25(12-13-26(28)24-19-40(20-24)18-21-8-10-23(11-9-21)34(42)43)41-32(27-7-4-16-37-31(27)36)39-30-15-14-29(38-33(30)41)22-5-2-1-3-6-22/h1-7,12-17,21,23-24H,8-11,18-20H2,(H2,36,37)(H,42,43)/t21-,23-. The lowest BCUT2D eigenvalue weighted by Gasteiger charge is -2.42. The van der Waals surface area contributed by atoms with Crippen LogP contribution < -0.4 is 5.73 Å². The largest absolute Gasteiger partial charge is 0.481 e. The summed E-state index contributed by atoms with van der Waals surface area (Å²) in [5.74, 6) is 0.410. The minimum atomic E-state index is -0.673. The molecule has 1 aliphatic heterocycles. The van der Waals surface area contributed by atoms with Crippen molar-refractivity contribution in [3.05, 3.63) is 90.4 Å². The molecule has 0 amide bonds. The number of nitrogens with zero attached hydrogens (tertiary/aromatic N) is 5.